The number of carbonyl (C=O) groups is 1. The molecule has 0 aliphatic rings. The van der Waals surface area contributed by atoms with Gasteiger partial charge in [0.15, 0.2) is 0 Å². The Balaban J connectivity index is 1.92. The van der Waals surface area contributed by atoms with Crippen LogP contribution in [0.2, 0.25) is 0 Å². The maximum atomic E-state index is 11.1. The summed E-state index contributed by atoms with van der Waals surface area (Å²) in [6.45, 7) is 2.29. The molecule has 0 radical (unpaired) electrons. The second-order valence-electron chi connectivity index (χ2n) is 5.17. The van der Waals surface area contributed by atoms with E-state index in [1.165, 1.54) is 0 Å². The summed E-state index contributed by atoms with van der Waals surface area (Å²) < 4.78 is 5.94. The Morgan fingerprint density at radius 1 is 1.04 bits per heavy atom. The minimum absolute atomic E-state index is 0.459. The molecular formula is C19H16N2O2. The number of hydrogen-bond acceptors (Lipinski definition) is 4. The number of rotatable bonds is 5. The van der Waals surface area contributed by atoms with E-state index in [0.29, 0.717) is 23.7 Å². The van der Waals surface area contributed by atoms with Crippen LogP contribution in [0.3, 0.4) is 0 Å². The minimum atomic E-state index is 0.459. The molecule has 1 aromatic heterocycles. The van der Waals surface area contributed by atoms with Gasteiger partial charge in [-0.05, 0) is 30.7 Å². The third-order valence-electron chi connectivity index (χ3n) is 3.47. The van der Waals surface area contributed by atoms with Gasteiger partial charge in [0.05, 0.1) is 0 Å². The first-order valence-electron chi connectivity index (χ1n) is 7.31. The summed E-state index contributed by atoms with van der Waals surface area (Å²) in [5, 5.41) is 0. The van der Waals surface area contributed by atoms with E-state index in [4.69, 9.17) is 4.74 Å². The Morgan fingerprint density at radius 2 is 1.78 bits per heavy atom. The molecule has 0 fully saturated rings. The summed E-state index contributed by atoms with van der Waals surface area (Å²) in [5.41, 5.74) is 3.30. The van der Waals surface area contributed by atoms with Crippen molar-refractivity contribution < 1.29 is 9.53 Å². The molecule has 3 rings (SSSR count). The average molecular weight is 304 g/mol. The lowest BCUT2D eigenvalue weighted by Crippen LogP contribution is -1.98. The molecule has 0 saturated heterocycles. The number of benzene rings is 2. The van der Waals surface area contributed by atoms with Gasteiger partial charge in [-0.25, -0.2) is 9.97 Å². The fraction of sp³-hybridized carbons (Fsp3) is 0.105. The van der Waals surface area contributed by atoms with Gasteiger partial charge >= 0.3 is 0 Å². The van der Waals surface area contributed by atoms with Gasteiger partial charge in [0.1, 0.15) is 24.5 Å². The summed E-state index contributed by atoms with van der Waals surface area (Å²) in [4.78, 5) is 19.5. The molecule has 0 atom stereocenters. The minimum Gasteiger partial charge on any atom is -0.488 e. The Kier molecular flexibility index (Phi) is 4.43. The Hall–Kier alpha value is -3.01. The van der Waals surface area contributed by atoms with Crippen molar-refractivity contribution in [3.8, 4) is 16.9 Å². The fourth-order valence-electron chi connectivity index (χ4n) is 2.24. The monoisotopic (exact) mass is 304 g/mol. The topological polar surface area (TPSA) is 52.1 Å². The van der Waals surface area contributed by atoms with Crippen LogP contribution in [0, 0.1) is 6.92 Å². The van der Waals surface area contributed by atoms with E-state index >= 15 is 0 Å². The van der Waals surface area contributed by atoms with E-state index in [0.717, 1.165) is 23.0 Å². The smallest absolute Gasteiger partial charge is 0.150 e. The van der Waals surface area contributed by atoms with Gasteiger partial charge < -0.3 is 4.74 Å². The molecule has 4 heteroatoms. The maximum Gasteiger partial charge on any atom is 0.150 e. The van der Waals surface area contributed by atoms with Gasteiger partial charge in [-0.2, -0.15) is 0 Å². The van der Waals surface area contributed by atoms with Gasteiger partial charge in [0.25, 0.3) is 0 Å². The molecule has 0 N–H and O–H groups in total. The number of ether oxygens (including phenoxy) is 1. The maximum absolute atomic E-state index is 11.1. The third-order valence-corrected chi connectivity index (χ3v) is 3.47. The van der Waals surface area contributed by atoms with Crippen molar-refractivity contribution in [2.24, 2.45) is 0 Å². The predicted molar refractivity (Wildman–Crippen MR) is 88.4 cm³/mol. The fourth-order valence-corrected chi connectivity index (χ4v) is 2.24. The standard InChI is InChI=1S/C19H16N2O2/c1-14-20-10-17(11-21-14)18-9-16(12-22)7-8-19(18)23-13-15-5-3-2-4-6-15/h2-12H,13H2,1H3. The van der Waals surface area contributed by atoms with Gasteiger partial charge in [-0.1, -0.05) is 30.3 Å². The Morgan fingerprint density at radius 3 is 2.48 bits per heavy atom. The van der Waals surface area contributed by atoms with Gasteiger partial charge in [0, 0.05) is 29.1 Å². The van der Waals surface area contributed by atoms with Crippen LogP contribution in [0.5, 0.6) is 5.75 Å². The predicted octanol–water partition coefficient (Wildman–Crippen LogP) is 3.84. The van der Waals surface area contributed by atoms with E-state index in [-0.39, 0.29) is 0 Å². The van der Waals surface area contributed by atoms with Crippen LogP contribution < -0.4 is 4.74 Å². The number of hydrogen-bond donors (Lipinski definition) is 0. The van der Waals surface area contributed by atoms with E-state index in [2.05, 4.69) is 9.97 Å². The second kappa shape index (κ2) is 6.83. The van der Waals surface area contributed by atoms with Gasteiger partial charge in [0.2, 0.25) is 0 Å². The first-order chi connectivity index (χ1) is 11.3. The van der Waals surface area contributed by atoms with E-state index in [1.54, 1.807) is 24.5 Å². The zero-order valence-corrected chi connectivity index (χ0v) is 12.8. The molecule has 0 unspecified atom stereocenters. The van der Waals surface area contributed by atoms with E-state index in [9.17, 15) is 4.79 Å². The first-order valence-corrected chi connectivity index (χ1v) is 7.31. The molecular weight excluding hydrogens is 288 g/mol. The van der Waals surface area contributed by atoms with Crippen LogP contribution in [0.25, 0.3) is 11.1 Å². The molecule has 3 aromatic rings. The molecule has 0 amide bonds. The molecule has 114 valence electrons. The lowest BCUT2D eigenvalue weighted by atomic mass is 10.0. The highest BCUT2D eigenvalue weighted by Crippen LogP contribution is 2.30. The molecule has 23 heavy (non-hydrogen) atoms. The number of aryl methyl sites for hydroxylation is 1. The second-order valence-corrected chi connectivity index (χ2v) is 5.17. The molecule has 0 spiro atoms. The van der Waals surface area contributed by atoms with Crippen molar-refractivity contribution in [2.45, 2.75) is 13.5 Å². The summed E-state index contributed by atoms with van der Waals surface area (Å²) in [6.07, 6.45) is 4.29. The molecule has 2 aromatic carbocycles. The van der Waals surface area contributed by atoms with Gasteiger partial charge in [-0.15, -0.1) is 0 Å². The highest BCUT2D eigenvalue weighted by Gasteiger charge is 2.09. The summed E-state index contributed by atoms with van der Waals surface area (Å²) in [7, 11) is 0. The number of nitrogens with zero attached hydrogens (tertiary/aromatic N) is 2. The van der Waals surface area contributed by atoms with Crippen LogP contribution in [-0.4, -0.2) is 16.3 Å². The summed E-state index contributed by atoms with van der Waals surface area (Å²) in [5.74, 6) is 1.40. The van der Waals surface area contributed by atoms with Crippen LogP contribution in [0.1, 0.15) is 21.7 Å². The Labute approximate surface area is 134 Å². The molecule has 1 heterocycles. The molecule has 0 bridgehead atoms. The summed E-state index contributed by atoms with van der Waals surface area (Å²) in [6, 6.07) is 15.3. The first kappa shape index (κ1) is 14.9. The molecule has 0 aliphatic carbocycles. The molecule has 0 saturated carbocycles. The average Bonchev–Trinajstić information content (AvgIpc) is 2.61. The highest BCUT2D eigenvalue weighted by molar-refractivity contribution is 5.81. The largest absolute Gasteiger partial charge is 0.488 e. The van der Waals surface area contributed by atoms with Crippen LogP contribution >= 0.6 is 0 Å². The Bertz CT molecular complexity index is 799. The zero-order valence-electron chi connectivity index (χ0n) is 12.8. The van der Waals surface area contributed by atoms with Crippen LogP contribution in [0.4, 0.5) is 0 Å². The van der Waals surface area contributed by atoms with E-state index in [1.807, 2.05) is 43.3 Å². The molecule has 4 nitrogen and oxygen atoms in total. The van der Waals surface area contributed by atoms with Crippen molar-refractivity contribution in [1.29, 1.82) is 0 Å². The number of aromatic nitrogens is 2. The van der Waals surface area contributed by atoms with Crippen molar-refractivity contribution in [2.75, 3.05) is 0 Å². The normalized spacial score (nSPS) is 10.3. The lowest BCUT2D eigenvalue weighted by Gasteiger charge is -2.12. The van der Waals surface area contributed by atoms with Crippen LogP contribution in [-0.2, 0) is 6.61 Å². The number of aldehydes is 1. The van der Waals surface area contributed by atoms with Crippen molar-refractivity contribution in [1.82, 2.24) is 9.97 Å². The third kappa shape index (κ3) is 3.61. The van der Waals surface area contributed by atoms with Crippen molar-refractivity contribution in [3.05, 3.63) is 77.9 Å². The van der Waals surface area contributed by atoms with Crippen LogP contribution in [0.15, 0.2) is 60.9 Å². The molecule has 0 aliphatic heterocycles. The lowest BCUT2D eigenvalue weighted by molar-refractivity contribution is 0.112. The number of carbonyl (C=O) groups excluding carboxylic acids is 1. The van der Waals surface area contributed by atoms with Crippen molar-refractivity contribution in [3.63, 3.8) is 0 Å². The van der Waals surface area contributed by atoms with E-state index < -0.39 is 0 Å². The summed E-state index contributed by atoms with van der Waals surface area (Å²) >= 11 is 0. The van der Waals surface area contributed by atoms with Crippen molar-refractivity contribution >= 4 is 6.29 Å². The quantitative estimate of drug-likeness (QED) is 0.672. The highest BCUT2D eigenvalue weighted by atomic mass is 16.5. The SMILES string of the molecule is Cc1ncc(-c2cc(C=O)ccc2OCc2ccccc2)cn1. The van der Waals surface area contributed by atoms with Gasteiger partial charge in [-0.3, -0.25) is 4.79 Å². The zero-order chi connectivity index (χ0) is 16.1.